The Morgan fingerprint density at radius 1 is 1.43 bits per heavy atom. The summed E-state index contributed by atoms with van der Waals surface area (Å²) in [6.07, 6.45) is 2.01. The Morgan fingerprint density at radius 3 is 2.96 bits per heavy atom. The highest BCUT2D eigenvalue weighted by molar-refractivity contribution is 7.09. The van der Waals surface area contributed by atoms with E-state index in [1.807, 2.05) is 12.6 Å². The van der Waals surface area contributed by atoms with E-state index in [4.69, 9.17) is 4.74 Å². The van der Waals surface area contributed by atoms with E-state index < -0.39 is 0 Å². The molecule has 0 amide bonds. The third kappa shape index (κ3) is 3.79. The molecule has 1 saturated heterocycles. The molecule has 23 heavy (non-hydrogen) atoms. The van der Waals surface area contributed by atoms with Gasteiger partial charge in [0.05, 0.1) is 23.5 Å². The van der Waals surface area contributed by atoms with Gasteiger partial charge in [-0.25, -0.2) is 9.97 Å². The first kappa shape index (κ1) is 16.1. The van der Waals surface area contributed by atoms with E-state index in [1.165, 1.54) is 4.88 Å². The number of thiazole rings is 1. The molecule has 1 N–H and O–H groups in total. The summed E-state index contributed by atoms with van der Waals surface area (Å²) in [4.78, 5) is 17.0. The molecular formula is C16H23N5OS. The molecule has 1 unspecified atom stereocenters. The molecule has 1 aliphatic heterocycles. The first-order chi connectivity index (χ1) is 11.2. The number of anilines is 2. The van der Waals surface area contributed by atoms with Crippen LogP contribution in [0.25, 0.3) is 0 Å². The molecule has 2 aromatic heterocycles. The van der Waals surface area contributed by atoms with E-state index in [0.717, 1.165) is 49.8 Å². The minimum absolute atomic E-state index is 0.376. The molecule has 7 heteroatoms. The number of rotatable bonds is 6. The summed E-state index contributed by atoms with van der Waals surface area (Å²) in [6.45, 7) is 4.54. The van der Waals surface area contributed by atoms with Gasteiger partial charge in [0.25, 0.3) is 0 Å². The van der Waals surface area contributed by atoms with E-state index in [2.05, 4.69) is 45.2 Å². The Hall–Kier alpha value is -1.73. The average Bonchev–Trinajstić information content (AvgIpc) is 3.24. The third-order valence-electron chi connectivity index (χ3n) is 4.21. The summed E-state index contributed by atoms with van der Waals surface area (Å²) in [5.41, 5.74) is 4.11. The number of nitrogens with zero attached hydrogens (tertiary/aromatic N) is 4. The topological polar surface area (TPSA) is 63.2 Å². The van der Waals surface area contributed by atoms with Crippen molar-refractivity contribution in [2.75, 3.05) is 44.1 Å². The van der Waals surface area contributed by atoms with Crippen LogP contribution < -0.4 is 10.2 Å². The summed E-state index contributed by atoms with van der Waals surface area (Å²) in [7, 11) is 3.93. The molecule has 0 bridgehead atoms. The molecule has 6 nitrogen and oxygen atoms in total. The minimum Gasteiger partial charge on any atom is -0.381 e. The van der Waals surface area contributed by atoms with Crippen molar-refractivity contribution in [3.63, 3.8) is 0 Å². The second-order valence-corrected chi connectivity index (χ2v) is 6.76. The molecule has 0 saturated carbocycles. The van der Waals surface area contributed by atoms with E-state index in [-0.39, 0.29) is 0 Å². The SMILES string of the molecule is CNc1nc(C2CCOC2)cc(N(C)CCc2scnc2C)n1. The maximum Gasteiger partial charge on any atom is 0.224 e. The molecule has 1 fully saturated rings. The lowest BCUT2D eigenvalue weighted by atomic mass is 10.0. The summed E-state index contributed by atoms with van der Waals surface area (Å²) in [6, 6.07) is 2.10. The zero-order chi connectivity index (χ0) is 16.2. The van der Waals surface area contributed by atoms with Gasteiger partial charge in [-0.2, -0.15) is 4.98 Å². The van der Waals surface area contributed by atoms with Crippen molar-refractivity contribution in [3.05, 3.63) is 27.8 Å². The highest BCUT2D eigenvalue weighted by Gasteiger charge is 2.21. The highest BCUT2D eigenvalue weighted by atomic mass is 32.1. The van der Waals surface area contributed by atoms with Crippen LogP contribution in [0.4, 0.5) is 11.8 Å². The van der Waals surface area contributed by atoms with Gasteiger partial charge < -0.3 is 15.0 Å². The zero-order valence-corrected chi connectivity index (χ0v) is 14.7. The maximum atomic E-state index is 5.50. The van der Waals surface area contributed by atoms with Crippen LogP contribution in [0.3, 0.4) is 0 Å². The van der Waals surface area contributed by atoms with Crippen LogP contribution in [0.5, 0.6) is 0 Å². The van der Waals surface area contributed by atoms with Gasteiger partial charge in [0.15, 0.2) is 0 Å². The van der Waals surface area contributed by atoms with Gasteiger partial charge in [0.2, 0.25) is 5.95 Å². The monoisotopic (exact) mass is 333 g/mol. The van der Waals surface area contributed by atoms with Crippen molar-refractivity contribution >= 4 is 23.1 Å². The zero-order valence-electron chi connectivity index (χ0n) is 13.9. The Bertz CT molecular complexity index is 654. The van der Waals surface area contributed by atoms with Crippen LogP contribution in [0.1, 0.15) is 28.6 Å². The Balaban J connectivity index is 1.74. The first-order valence-electron chi connectivity index (χ1n) is 7.92. The predicted molar refractivity (Wildman–Crippen MR) is 93.6 cm³/mol. The highest BCUT2D eigenvalue weighted by Crippen LogP contribution is 2.27. The normalized spacial score (nSPS) is 17.4. The Labute approximate surface area is 140 Å². The van der Waals surface area contributed by atoms with Gasteiger partial charge in [-0.1, -0.05) is 0 Å². The van der Waals surface area contributed by atoms with Gasteiger partial charge in [-0.15, -0.1) is 11.3 Å². The number of hydrogen-bond acceptors (Lipinski definition) is 7. The van der Waals surface area contributed by atoms with Crippen molar-refractivity contribution < 1.29 is 4.74 Å². The summed E-state index contributed by atoms with van der Waals surface area (Å²) >= 11 is 1.72. The van der Waals surface area contributed by atoms with Gasteiger partial charge in [0, 0.05) is 50.5 Å². The predicted octanol–water partition coefficient (Wildman–Crippen LogP) is 2.47. The van der Waals surface area contributed by atoms with E-state index in [0.29, 0.717) is 11.9 Å². The molecular weight excluding hydrogens is 310 g/mol. The van der Waals surface area contributed by atoms with Crippen molar-refractivity contribution in [2.24, 2.45) is 0 Å². The van der Waals surface area contributed by atoms with Crippen LogP contribution >= 0.6 is 11.3 Å². The maximum absolute atomic E-state index is 5.50. The second-order valence-electron chi connectivity index (χ2n) is 5.82. The van der Waals surface area contributed by atoms with E-state index in [1.54, 1.807) is 11.3 Å². The number of hydrogen-bond donors (Lipinski definition) is 1. The minimum atomic E-state index is 0.376. The van der Waals surface area contributed by atoms with Crippen LogP contribution in [0, 0.1) is 6.92 Å². The van der Waals surface area contributed by atoms with Gasteiger partial charge in [-0.3, -0.25) is 0 Å². The van der Waals surface area contributed by atoms with Crippen molar-refractivity contribution in [2.45, 2.75) is 25.7 Å². The fourth-order valence-electron chi connectivity index (χ4n) is 2.69. The van der Waals surface area contributed by atoms with Crippen LogP contribution in [0.15, 0.2) is 11.6 Å². The first-order valence-corrected chi connectivity index (χ1v) is 8.80. The van der Waals surface area contributed by atoms with Gasteiger partial charge >= 0.3 is 0 Å². The largest absolute Gasteiger partial charge is 0.381 e. The molecule has 0 aromatic carbocycles. The van der Waals surface area contributed by atoms with E-state index in [9.17, 15) is 0 Å². The summed E-state index contributed by atoms with van der Waals surface area (Å²) in [5, 5.41) is 3.07. The fourth-order valence-corrected chi connectivity index (χ4v) is 3.46. The third-order valence-corrected chi connectivity index (χ3v) is 5.21. The van der Waals surface area contributed by atoms with Crippen molar-refractivity contribution in [1.29, 1.82) is 0 Å². The molecule has 124 valence electrons. The summed E-state index contributed by atoms with van der Waals surface area (Å²) < 4.78 is 5.50. The van der Waals surface area contributed by atoms with Crippen molar-refractivity contribution in [3.8, 4) is 0 Å². The summed E-state index contributed by atoms with van der Waals surface area (Å²) in [5.74, 6) is 2.00. The lowest BCUT2D eigenvalue weighted by Crippen LogP contribution is -2.22. The molecule has 2 aromatic rings. The molecule has 1 atom stereocenters. The Kier molecular flexibility index (Phi) is 5.07. The Morgan fingerprint density at radius 2 is 2.30 bits per heavy atom. The van der Waals surface area contributed by atoms with Crippen LogP contribution in [-0.4, -0.2) is 48.8 Å². The number of nitrogens with one attached hydrogen (secondary N) is 1. The average molecular weight is 333 g/mol. The molecule has 1 aliphatic rings. The quantitative estimate of drug-likeness (QED) is 0.876. The molecule has 0 radical (unpaired) electrons. The van der Waals surface area contributed by atoms with E-state index >= 15 is 0 Å². The number of ether oxygens (including phenoxy) is 1. The number of aromatic nitrogens is 3. The van der Waals surface area contributed by atoms with Gasteiger partial charge in [-0.05, 0) is 13.3 Å². The second kappa shape index (κ2) is 7.23. The standard InChI is InChI=1S/C16H23N5OS/c1-11-14(23-10-18-11)4-6-21(3)15-8-13(12-5-7-22-9-12)19-16(17-2)20-15/h8,10,12H,4-7,9H2,1-3H3,(H,17,19,20). The van der Waals surface area contributed by atoms with Crippen LogP contribution in [0.2, 0.25) is 0 Å². The lowest BCUT2D eigenvalue weighted by molar-refractivity contribution is 0.193. The molecule has 3 heterocycles. The molecule has 0 spiro atoms. The van der Waals surface area contributed by atoms with Crippen LogP contribution in [-0.2, 0) is 11.2 Å². The van der Waals surface area contributed by atoms with Crippen molar-refractivity contribution in [1.82, 2.24) is 15.0 Å². The fraction of sp³-hybridized carbons (Fsp3) is 0.562. The molecule has 3 rings (SSSR count). The lowest BCUT2D eigenvalue weighted by Gasteiger charge is -2.20. The number of aryl methyl sites for hydroxylation is 1. The smallest absolute Gasteiger partial charge is 0.224 e. The molecule has 0 aliphatic carbocycles. The number of likely N-dealkylation sites (N-methyl/N-ethyl adjacent to an activating group) is 1. The van der Waals surface area contributed by atoms with Gasteiger partial charge in [0.1, 0.15) is 5.82 Å².